The minimum absolute atomic E-state index is 0.0497. The molecule has 36 heavy (non-hydrogen) atoms. The zero-order valence-electron chi connectivity index (χ0n) is 20.0. The van der Waals surface area contributed by atoms with E-state index in [1.54, 1.807) is 13.2 Å². The molecule has 1 N–H and O–H groups in total. The Balaban J connectivity index is 1.46. The number of aryl methyl sites for hydroxylation is 1. The summed E-state index contributed by atoms with van der Waals surface area (Å²) in [5, 5.41) is 2.96. The van der Waals surface area contributed by atoms with E-state index < -0.39 is 9.84 Å². The van der Waals surface area contributed by atoms with Crippen LogP contribution in [-0.4, -0.2) is 40.3 Å². The second kappa shape index (κ2) is 9.94. The molecule has 9 heteroatoms. The molecular weight excluding hydrogens is 480 g/mol. The van der Waals surface area contributed by atoms with Gasteiger partial charge in [-0.15, -0.1) is 0 Å². The van der Waals surface area contributed by atoms with Crippen LogP contribution >= 0.6 is 0 Å². The molecule has 0 saturated carbocycles. The fraction of sp³-hybridized carbons (Fsp3) is 0.222. The molecule has 0 saturated heterocycles. The van der Waals surface area contributed by atoms with E-state index in [9.17, 15) is 8.42 Å². The quantitative estimate of drug-likeness (QED) is 0.360. The number of rotatable bonds is 8. The number of sulfone groups is 1. The lowest BCUT2D eigenvalue weighted by Gasteiger charge is -2.18. The lowest BCUT2D eigenvalue weighted by molar-refractivity contribution is 0.171. The lowest BCUT2D eigenvalue weighted by Crippen LogP contribution is -2.16. The maximum Gasteiger partial charge on any atom is 0.233 e. The van der Waals surface area contributed by atoms with E-state index in [2.05, 4.69) is 10.3 Å². The summed E-state index contributed by atoms with van der Waals surface area (Å²) in [6.45, 7) is 3.20. The monoisotopic (exact) mass is 506 g/mol. The Labute approximate surface area is 209 Å². The molecule has 0 atom stereocenters. The standard InChI is InChI=1S/C27H26N2O6S/c1-18-3-7-20(8-4-18)25-29-27(26(35-25)28-14-13-19-5-9-21(32-2)10-6-19)36(30,31)22-11-12-23-24(17-22)34-16-15-33-23/h3-12,17,28H,13-16H2,1-2H3. The van der Waals surface area contributed by atoms with Crippen molar-refractivity contribution in [3.05, 3.63) is 77.9 Å². The lowest BCUT2D eigenvalue weighted by atomic mass is 10.1. The maximum absolute atomic E-state index is 13.7. The van der Waals surface area contributed by atoms with Crippen LogP contribution < -0.4 is 19.5 Å². The van der Waals surface area contributed by atoms with E-state index in [0.29, 0.717) is 43.2 Å². The molecule has 8 nitrogen and oxygen atoms in total. The third-order valence-electron chi connectivity index (χ3n) is 5.83. The van der Waals surface area contributed by atoms with Crippen molar-refractivity contribution in [2.45, 2.75) is 23.3 Å². The summed E-state index contributed by atoms with van der Waals surface area (Å²) in [5.74, 6) is 1.99. The average Bonchev–Trinajstić information content (AvgIpc) is 3.34. The number of fused-ring (bicyclic) bond motifs is 1. The summed E-state index contributed by atoms with van der Waals surface area (Å²) < 4.78 is 49.6. The van der Waals surface area contributed by atoms with Gasteiger partial charge in [-0.25, -0.2) is 8.42 Å². The summed E-state index contributed by atoms with van der Waals surface area (Å²) in [4.78, 5) is 4.46. The Morgan fingerprint density at radius 1 is 0.944 bits per heavy atom. The van der Waals surface area contributed by atoms with E-state index in [1.807, 2.05) is 55.5 Å². The first-order valence-electron chi connectivity index (χ1n) is 11.5. The molecular formula is C27H26N2O6S. The third kappa shape index (κ3) is 4.87. The summed E-state index contributed by atoms with van der Waals surface area (Å²) in [7, 11) is -2.40. The number of anilines is 1. The van der Waals surface area contributed by atoms with Gasteiger partial charge < -0.3 is 23.9 Å². The Kier molecular flexibility index (Phi) is 6.56. The molecule has 5 rings (SSSR count). The van der Waals surface area contributed by atoms with Crippen molar-refractivity contribution in [3.63, 3.8) is 0 Å². The van der Waals surface area contributed by atoms with Gasteiger partial charge in [0.1, 0.15) is 19.0 Å². The molecule has 0 unspecified atom stereocenters. The van der Waals surface area contributed by atoms with Gasteiger partial charge in [0.25, 0.3) is 0 Å². The Morgan fingerprint density at radius 3 is 2.39 bits per heavy atom. The van der Waals surface area contributed by atoms with Gasteiger partial charge in [-0.2, -0.15) is 4.98 Å². The normalized spacial score (nSPS) is 12.8. The third-order valence-corrected chi connectivity index (χ3v) is 7.49. The number of benzene rings is 3. The summed E-state index contributed by atoms with van der Waals surface area (Å²) in [6.07, 6.45) is 0.647. The highest BCUT2D eigenvalue weighted by Crippen LogP contribution is 2.37. The van der Waals surface area contributed by atoms with Gasteiger partial charge in [0, 0.05) is 18.2 Å². The Morgan fingerprint density at radius 2 is 1.67 bits per heavy atom. The molecule has 0 aliphatic carbocycles. The van der Waals surface area contributed by atoms with Crippen LogP contribution in [0.15, 0.2) is 81.1 Å². The van der Waals surface area contributed by atoms with Crippen LogP contribution in [0.25, 0.3) is 11.5 Å². The number of methoxy groups -OCH3 is 1. The second-order valence-corrected chi connectivity index (χ2v) is 10.2. The molecule has 0 radical (unpaired) electrons. The van der Waals surface area contributed by atoms with Crippen molar-refractivity contribution in [2.75, 3.05) is 32.2 Å². The number of aromatic nitrogens is 1. The van der Waals surface area contributed by atoms with E-state index in [-0.39, 0.29) is 21.7 Å². The molecule has 1 aromatic heterocycles. The predicted molar refractivity (Wildman–Crippen MR) is 135 cm³/mol. The van der Waals surface area contributed by atoms with Gasteiger partial charge >= 0.3 is 0 Å². The van der Waals surface area contributed by atoms with E-state index >= 15 is 0 Å². The van der Waals surface area contributed by atoms with Crippen LogP contribution in [0.5, 0.6) is 17.2 Å². The number of nitrogens with one attached hydrogen (secondary N) is 1. The number of hydrogen-bond acceptors (Lipinski definition) is 8. The van der Waals surface area contributed by atoms with Crippen molar-refractivity contribution >= 4 is 15.7 Å². The largest absolute Gasteiger partial charge is 0.497 e. The summed E-state index contributed by atoms with van der Waals surface area (Å²) >= 11 is 0. The SMILES string of the molecule is COc1ccc(CCNc2oc(-c3ccc(C)cc3)nc2S(=O)(=O)c2ccc3c(c2)OCCO3)cc1. The highest BCUT2D eigenvalue weighted by Gasteiger charge is 2.30. The van der Waals surface area contributed by atoms with Crippen LogP contribution in [-0.2, 0) is 16.3 Å². The summed E-state index contributed by atoms with van der Waals surface area (Å²) in [5.41, 5.74) is 2.83. The molecule has 0 spiro atoms. The van der Waals surface area contributed by atoms with Crippen LogP contribution in [0.1, 0.15) is 11.1 Å². The van der Waals surface area contributed by atoms with E-state index in [1.165, 1.54) is 12.1 Å². The van der Waals surface area contributed by atoms with Crippen LogP contribution in [0, 0.1) is 6.92 Å². The molecule has 2 heterocycles. The topological polar surface area (TPSA) is 99.9 Å². The molecule has 1 aliphatic heterocycles. The van der Waals surface area contributed by atoms with E-state index in [4.69, 9.17) is 18.6 Å². The fourth-order valence-corrected chi connectivity index (χ4v) is 5.13. The van der Waals surface area contributed by atoms with Crippen molar-refractivity contribution in [3.8, 4) is 28.7 Å². The highest BCUT2D eigenvalue weighted by molar-refractivity contribution is 7.91. The van der Waals surface area contributed by atoms with Crippen LogP contribution in [0.3, 0.4) is 0 Å². The minimum Gasteiger partial charge on any atom is -0.497 e. The highest BCUT2D eigenvalue weighted by atomic mass is 32.2. The smallest absolute Gasteiger partial charge is 0.233 e. The first-order chi connectivity index (χ1) is 17.4. The molecule has 3 aromatic carbocycles. The van der Waals surface area contributed by atoms with Crippen molar-refractivity contribution in [2.24, 2.45) is 0 Å². The molecule has 0 amide bonds. The number of oxazole rings is 1. The Hall–Kier alpha value is -3.98. The molecule has 4 aromatic rings. The van der Waals surface area contributed by atoms with Gasteiger partial charge in [0.15, 0.2) is 11.5 Å². The molecule has 186 valence electrons. The minimum atomic E-state index is -4.02. The molecule has 1 aliphatic rings. The van der Waals surface area contributed by atoms with Gasteiger partial charge in [0.2, 0.25) is 26.6 Å². The summed E-state index contributed by atoms with van der Waals surface area (Å²) in [6, 6.07) is 19.8. The van der Waals surface area contributed by atoms with Gasteiger partial charge in [-0.3, -0.25) is 0 Å². The Bertz CT molecular complexity index is 1460. The van der Waals surface area contributed by atoms with Crippen LogP contribution in [0.4, 0.5) is 5.88 Å². The average molecular weight is 507 g/mol. The van der Waals surface area contributed by atoms with Gasteiger partial charge in [-0.05, 0) is 55.3 Å². The first-order valence-corrected chi connectivity index (χ1v) is 13.0. The molecule has 0 fully saturated rings. The predicted octanol–water partition coefficient (Wildman–Crippen LogP) is 4.92. The zero-order valence-corrected chi connectivity index (χ0v) is 20.8. The van der Waals surface area contributed by atoms with Crippen LogP contribution in [0.2, 0.25) is 0 Å². The fourth-order valence-electron chi connectivity index (χ4n) is 3.83. The number of nitrogens with zero attached hydrogens (tertiary/aromatic N) is 1. The van der Waals surface area contributed by atoms with E-state index in [0.717, 1.165) is 16.9 Å². The molecule has 0 bridgehead atoms. The van der Waals surface area contributed by atoms with Crippen molar-refractivity contribution in [1.82, 2.24) is 4.98 Å². The first kappa shape index (κ1) is 23.7. The van der Waals surface area contributed by atoms with Gasteiger partial charge in [0.05, 0.1) is 12.0 Å². The number of hydrogen-bond donors (Lipinski definition) is 1. The van der Waals surface area contributed by atoms with Gasteiger partial charge in [-0.1, -0.05) is 29.8 Å². The second-order valence-electron chi connectivity index (χ2n) is 8.35. The maximum atomic E-state index is 13.7. The zero-order chi connectivity index (χ0) is 25.1. The number of ether oxygens (including phenoxy) is 3. The van der Waals surface area contributed by atoms with Crippen molar-refractivity contribution < 1.29 is 27.0 Å². The van der Waals surface area contributed by atoms with Crippen molar-refractivity contribution in [1.29, 1.82) is 0 Å².